The number of nitrogens with one attached hydrogen (secondary N) is 2. The number of likely N-dealkylation sites (N-methyl/N-ethyl adjacent to an activating group) is 1. The number of fused-ring (bicyclic) bond motifs is 3. The number of benzene rings is 1. The van der Waals surface area contributed by atoms with Gasteiger partial charge in [0.25, 0.3) is 5.91 Å². The Morgan fingerprint density at radius 3 is 2.45 bits per heavy atom. The van der Waals surface area contributed by atoms with Crippen molar-refractivity contribution in [2.45, 2.75) is 49.9 Å². The molecule has 4 atom stereocenters. The average Bonchev–Trinajstić information content (AvgIpc) is 2.83. The standard InChI is InChI=1S/C27H30F2N4O7/c1-33(2)20-13-7-10-6-12-14(29)8-15(32-16(34)5-9-3-11(28)4-9)21(35)18(12)22(36)17(10)25(38)27(13,40)24(30)19(23(20)37)26(31)39/h8-11,13,20,30,35,37-38,40H,3-7H2,1-2H3,(H2,31,39)(H,32,34)/t9?,10-,11?,13-,20-,27+/m0/s1. The van der Waals surface area contributed by atoms with Crippen LogP contribution >= 0.6 is 0 Å². The predicted octanol–water partition coefficient (Wildman–Crippen LogP) is 1.79. The number of aromatic hydroxyl groups is 1. The number of rotatable bonds is 5. The number of hydrogen-bond donors (Lipinski definition) is 7. The zero-order chi connectivity index (χ0) is 29.4. The molecule has 214 valence electrons. The second-order valence-electron chi connectivity index (χ2n) is 11.3. The Morgan fingerprint density at radius 1 is 1.23 bits per heavy atom. The van der Waals surface area contributed by atoms with Gasteiger partial charge in [0.05, 0.1) is 23.0 Å². The van der Waals surface area contributed by atoms with E-state index < -0.39 is 87.2 Å². The molecule has 1 aromatic rings. The number of aliphatic hydroxyl groups excluding tert-OH is 2. The molecular weight excluding hydrogens is 530 g/mol. The summed E-state index contributed by atoms with van der Waals surface area (Å²) >= 11 is 0. The quantitative estimate of drug-likeness (QED) is 0.264. The molecule has 11 nitrogen and oxygen atoms in total. The van der Waals surface area contributed by atoms with E-state index in [1.807, 2.05) is 0 Å². The van der Waals surface area contributed by atoms with Crippen molar-refractivity contribution >= 4 is 29.0 Å². The van der Waals surface area contributed by atoms with Crippen molar-refractivity contribution in [3.8, 4) is 5.75 Å². The molecule has 5 rings (SSSR count). The number of primary amides is 1. The van der Waals surface area contributed by atoms with E-state index in [0.29, 0.717) is 0 Å². The highest BCUT2D eigenvalue weighted by Crippen LogP contribution is 2.53. The number of carbonyl (C=O) groups is 3. The first-order chi connectivity index (χ1) is 18.7. The predicted molar refractivity (Wildman–Crippen MR) is 137 cm³/mol. The van der Waals surface area contributed by atoms with Gasteiger partial charge in [-0.15, -0.1) is 0 Å². The largest absolute Gasteiger partial charge is 0.510 e. The monoisotopic (exact) mass is 560 g/mol. The molecule has 1 aromatic carbocycles. The summed E-state index contributed by atoms with van der Waals surface area (Å²) in [4.78, 5) is 39.7. The first kappa shape index (κ1) is 27.7. The molecule has 0 aliphatic heterocycles. The molecule has 2 amide bonds. The van der Waals surface area contributed by atoms with Crippen LogP contribution in [0.1, 0.15) is 41.6 Å². The van der Waals surface area contributed by atoms with Crippen LogP contribution in [-0.2, 0) is 16.0 Å². The van der Waals surface area contributed by atoms with Gasteiger partial charge in [0.15, 0.2) is 17.1 Å². The van der Waals surface area contributed by atoms with Gasteiger partial charge in [0.2, 0.25) is 5.91 Å². The maximum atomic E-state index is 15.3. The Hall–Kier alpha value is -3.84. The van der Waals surface area contributed by atoms with Gasteiger partial charge in [-0.25, -0.2) is 8.78 Å². The van der Waals surface area contributed by atoms with Gasteiger partial charge in [-0.1, -0.05) is 0 Å². The van der Waals surface area contributed by atoms with Crippen LogP contribution in [0.5, 0.6) is 5.75 Å². The average molecular weight is 561 g/mol. The lowest BCUT2D eigenvalue weighted by Gasteiger charge is -2.51. The van der Waals surface area contributed by atoms with Gasteiger partial charge in [0.1, 0.15) is 29.1 Å². The minimum absolute atomic E-state index is 0.0489. The normalized spacial score (nSPS) is 31.4. The minimum Gasteiger partial charge on any atom is -0.510 e. The number of halogens is 2. The number of aliphatic hydroxyl groups is 3. The Morgan fingerprint density at radius 2 is 1.88 bits per heavy atom. The number of hydrogen-bond acceptors (Lipinski definition) is 9. The smallest absolute Gasteiger partial charge is 0.254 e. The number of anilines is 1. The van der Waals surface area contributed by atoms with Crippen LogP contribution in [0.3, 0.4) is 0 Å². The summed E-state index contributed by atoms with van der Waals surface area (Å²) in [5.74, 6) is -8.14. The summed E-state index contributed by atoms with van der Waals surface area (Å²) in [5.41, 5.74) is -0.214. The summed E-state index contributed by atoms with van der Waals surface area (Å²) in [6, 6.07) is -0.195. The second-order valence-corrected chi connectivity index (χ2v) is 11.3. The molecule has 0 aromatic heterocycles. The zero-order valence-electron chi connectivity index (χ0n) is 21.8. The molecule has 40 heavy (non-hydrogen) atoms. The van der Waals surface area contributed by atoms with Gasteiger partial charge < -0.3 is 36.9 Å². The lowest BCUT2D eigenvalue weighted by molar-refractivity contribution is -0.118. The highest BCUT2D eigenvalue weighted by Gasteiger charge is 2.61. The summed E-state index contributed by atoms with van der Waals surface area (Å²) in [6.45, 7) is 0. The molecule has 4 aliphatic carbocycles. The molecule has 1 fully saturated rings. The zero-order valence-corrected chi connectivity index (χ0v) is 21.8. The molecule has 0 unspecified atom stereocenters. The number of carbonyl (C=O) groups excluding carboxylic acids is 3. The highest BCUT2D eigenvalue weighted by atomic mass is 19.1. The number of alkyl halides is 1. The van der Waals surface area contributed by atoms with Crippen LogP contribution in [0.2, 0.25) is 0 Å². The van der Waals surface area contributed by atoms with Crippen molar-refractivity contribution < 1.29 is 43.6 Å². The van der Waals surface area contributed by atoms with Crippen molar-refractivity contribution in [2.24, 2.45) is 23.5 Å². The fourth-order valence-corrected chi connectivity index (χ4v) is 6.70. The van der Waals surface area contributed by atoms with Crippen LogP contribution in [0, 0.1) is 29.0 Å². The summed E-state index contributed by atoms with van der Waals surface area (Å²) in [5, 5.41) is 55.7. The number of phenolic OH excluding ortho intramolecular Hbond substituents is 1. The number of ketones is 1. The third-order valence-corrected chi connectivity index (χ3v) is 8.65. The number of Topliss-reactive ketones (excluding diaryl/α,β-unsaturated/α-hetero) is 1. The fraction of sp³-hybridized carbons (Fsp3) is 0.481. The molecule has 1 saturated carbocycles. The van der Waals surface area contributed by atoms with Gasteiger partial charge in [0, 0.05) is 29.5 Å². The number of phenols is 1. The highest BCUT2D eigenvalue weighted by molar-refractivity contribution is 6.26. The maximum Gasteiger partial charge on any atom is 0.254 e. The first-order valence-corrected chi connectivity index (χ1v) is 12.9. The molecule has 0 saturated heterocycles. The molecule has 0 radical (unpaired) electrons. The second kappa shape index (κ2) is 9.37. The Bertz CT molecular complexity index is 1430. The Labute approximate surface area is 227 Å². The molecule has 4 aliphatic rings. The number of allylic oxidation sites excluding steroid dienone is 1. The van der Waals surface area contributed by atoms with Crippen molar-refractivity contribution in [3.63, 3.8) is 0 Å². The summed E-state index contributed by atoms with van der Waals surface area (Å²) < 4.78 is 28.4. The van der Waals surface area contributed by atoms with Crippen LogP contribution in [-0.4, -0.2) is 80.5 Å². The molecule has 0 heterocycles. The Balaban J connectivity index is 1.57. The van der Waals surface area contributed by atoms with Crippen molar-refractivity contribution in [2.75, 3.05) is 19.4 Å². The van der Waals surface area contributed by atoms with E-state index in [1.54, 1.807) is 14.1 Å². The van der Waals surface area contributed by atoms with E-state index in [2.05, 4.69) is 5.32 Å². The van der Waals surface area contributed by atoms with E-state index >= 15 is 4.39 Å². The minimum atomic E-state index is -2.60. The van der Waals surface area contributed by atoms with Crippen LogP contribution in [0.4, 0.5) is 14.5 Å². The van der Waals surface area contributed by atoms with E-state index in [9.17, 15) is 39.2 Å². The first-order valence-electron chi connectivity index (χ1n) is 12.9. The SMILES string of the molecule is CN(C)[C@@H]1C(O)=C(C(N)=O)C(=N)[C@@]2(O)C(O)=C3C(=O)c4c(O)c(NC(=O)CC5CC(F)C5)cc(F)c4C[C@H]3C[C@@H]12. The van der Waals surface area contributed by atoms with Gasteiger partial charge >= 0.3 is 0 Å². The lowest BCUT2D eigenvalue weighted by atomic mass is 9.58. The van der Waals surface area contributed by atoms with E-state index in [-0.39, 0.29) is 54.8 Å². The van der Waals surface area contributed by atoms with Crippen molar-refractivity contribution in [1.29, 1.82) is 5.41 Å². The Kier molecular flexibility index (Phi) is 6.49. The van der Waals surface area contributed by atoms with Gasteiger partial charge in [-0.3, -0.25) is 19.3 Å². The van der Waals surface area contributed by atoms with Crippen molar-refractivity contribution in [3.05, 3.63) is 45.7 Å². The van der Waals surface area contributed by atoms with E-state index in [0.717, 1.165) is 6.07 Å². The third-order valence-electron chi connectivity index (χ3n) is 8.65. The lowest BCUT2D eigenvalue weighted by Crippen LogP contribution is -2.63. The number of nitrogens with zero attached hydrogens (tertiary/aromatic N) is 1. The van der Waals surface area contributed by atoms with Crippen LogP contribution in [0.25, 0.3) is 0 Å². The van der Waals surface area contributed by atoms with Crippen LogP contribution < -0.4 is 11.1 Å². The molecular formula is C27H30F2N4O7. The molecule has 13 heteroatoms. The van der Waals surface area contributed by atoms with Crippen molar-refractivity contribution in [1.82, 2.24) is 4.90 Å². The maximum absolute atomic E-state index is 15.3. The molecule has 0 bridgehead atoms. The molecule has 0 spiro atoms. The summed E-state index contributed by atoms with van der Waals surface area (Å²) in [6.07, 6.45) is -0.848. The third kappa shape index (κ3) is 3.90. The van der Waals surface area contributed by atoms with E-state index in [4.69, 9.17) is 11.1 Å². The topological polar surface area (TPSA) is 197 Å². The summed E-state index contributed by atoms with van der Waals surface area (Å²) in [7, 11) is 3.09. The van der Waals surface area contributed by atoms with Crippen LogP contribution in [0.15, 0.2) is 28.7 Å². The van der Waals surface area contributed by atoms with Gasteiger partial charge in [-0.2, -0.15) is 0 Å². The van der Waals surface area contributed by atoms with Gasteiger partial charge in [-0.05, 0) is 51.6 Å². The van der Waals surface area contributed by atoms with E-state index in [1.165, 1.54) is 4.90 Å². The number of amides is 2. The number of nitrogens with two attached hydrogens (primary N) is 1. The molecule has 8 N–H and O–H groups in total. The fourth-order valence-electron chi connectivity index (χ4n) is 6.70.